The summed E-state index contributed by atoms with van der Waals surface area (Å²) < 4.78 is 2.04. The van der Waals surface area contributed by atoms with Crippen molar-refractivity contribution in [3.05, 3.63) is 47.5 Å². The van der Waals surface area contributed by atoms with E-state index in [4.69, 9.17) is 0 Å². The lowest BCUT2D eigenvalue weighted by Gasteiger charge is -2.13. The molecule has 0 aliphatic rings. The fourth-order valence-corrected chi connectivity index (χ4v) is 2.01. The summed E-state index contributed by atoms with van der Waals surface area (Å²) >= 11 is 0. The summed E-state index contributed by atoms with van der Waals surface area (Å²) in [7, 11) is 2.02. The minimum atomic E-state index is 0.765. The summed E-state index contributed by atoms with van der Waals surface area (Å²) in [4.78, 5) is 4.32. The average Bonchev–Trinajstić information content (AvgIpc) is 2.73. The fraction of sp³-hybridized carbons (Fsp3) is 0.357. The molecule has 0 saturated carbocycles. The number of imidazole rings is 1. The number of nitrogens with zero attached hydrogens (tertiary/aromatic N) is 2. The standard InChI is InChI=1S/C14H19N3/c1-4-12-7-5-6-11(2)14(12)16-10-13-15-8-9-17(13)3/h5-9,16H,4,10H2,1-3H3. The van der Waals surface area contributed by atoms with Crippen molar-refractivity contribution in [1.29, 1.82) is 0 Å². The summed E-state index contributed by atoms with van der Waals surface area (Å²) in [5.41, 5.74) is 3.90. The van der Waals surface area contributed by atoms with E-state index >= 15 is 0 Å². The van der Waals surface area contributed by atoms with Crippen molar-refractivity contribution < 1.29 is 0 Å². The first-order chi connectivity index (χ1) is 8.22. The number of anilines is 1. The van der Waals surface area contributed by atoms with Crippen LogP contribution in [0.3, 0.4) is 0 Å². The molecule has 0 spiro atoms. The Balaban J connectivity index is 2.16. The van der Waals surface area contributed by atoms with Crippen molar-refractivity contribution in [2.45, 2.75) is 26.8 Å². The second-order valence-electron chi connectivity index (χ2n) is 4.27. The Morgan fingerprint density at radius 2 is 2.18 bits per heavy atom. The first-order valence-corrected chi connectivity index (χ1v) is 6.01. The lowest BCUT2D eigenvalue weighted by molar-refractivity contribution is 0.811. The van der Waals surface area contributed by atoms with Crippen LogP contribution in [-0.4, -0.2) is 9.55 Å². The van der Waals surface area contributed by atoms with Crippen LogP contribution < -0.4 is 5.32 Å². The Hall–Kier alpha value is -1.77. The highest BCUT2D eigenvalue weighted by Crippen LogP contribution is 2.21. The highest BCUT2D eigenvalue weighted by molar-refractivity contribution is 5.57. The zero-order chi connectivity index (χ0) is 12.3. The van der Waals surface area contributed by atoms with Crippen molar-refractivity contribution in [1.82, 2.24) is 9.55 Å². The van der Waals surface area contributed by atoms with Gasteiger partial charge >= 0.3 is 0 Å². The summed E-state index contributed by atoms with van der Waals surface area (Å²) in [6.45, 7) is 5.09. The minimum absolute atomic E-state index is 0.765. The molecule has 2 aromatic rings. The third kappa shape index (κ3) is 2.49. The molecule has 0 unspecified atom stereocenters. The van der Waals surface area contributed by atoms with Crippen LogP contribution >= 0.6 is 0 Å². The molecule has 17 heavy (non-hydrogen) atoms. The smallest absolute Gasteiger partial charge is 0.127 e. The van der Waals surface area contributed by atoms with Crippen molar-refractivity contribution in [2.75, 3.05) is 5.32 Å². The lowest BCUT2D eigenvalue weighted by atomic mass is 10.1. The lowest BCUT2D eigenvalue weighted by Crippen LogP contribution is -2.08. The van der Waals surface area contributed by atoms with Crippen LogP contribution in [0.2, 0.25) is 0 Å². The fourth-order valence-electron chi connectivity index (χ4n) is 2.01. The van der Waals surface area contributed by atoms with Crippen LogP contribution in [0.4, 0.5) is 5.69 Å². The van der Waals surface area contributed by atoms with Crippen LogP contribution in [0, 0.1) is 6.92 Å². The molecule has 1 N–H and O–H groups in total. The molecule has 0 bridgehead atoms. The van der Waals surface area contributed by atoms with Crippen molar-refractivity contribution in [3.63, 3.8) is 0 Å². The van der Waals surface area contributed by atoms with E-state index in [0.717, 1.165) is 18.8 Å². The van der Waals surface area contributed by atoms with Gasteiger partial charge in [-0.3, -0.25) is 0 Å². The zero-order valence-electron chi connectivity index (χ0n) is 10.7. The SMILES string of the molecule is CCc1cccc(C)c1NCc1nccn1C. The van der Waals surface area contributed by atoms with E-state index in [0.29, 0.717) is 0 Å². The molecule has 0 saturated heterocycles. The molecule has 90 valence electrons. The summed E-state index contributed by atoms with van der Waals surface area (Å²) in [6.07, 6.45) is 4.84. The largest absolute Gasteiger partial charge is 0.377 e. The molecule has 1 aromatic heterocycles. The number of aryl methyl sites for hydroxylation is 3. The van der Waals surface area contributed by atoms with E-state index in [9.17, 15) is 0 Å². The molecule has 0 radical (unpaired) electrons. The Kier molecular flexibility index (Phi) is 3.47. The van der Waals surface area contributed by atoms with E-state index in [1.807, 2.05) is 24.0 Å². The van der Waals surface area contributed by atoms with Gasteiger partial charge in [0.1, 0.15) is 5.82 Å². The first-order valence-electron chi connectivity index (χ1n) is 6.01. The van der Waals surface area contributed by atoms with Gasteiger partial charge in [-0.2, -0.15) is 0 Å². The van der Waals surface area contributed by atoms with Gasteiger partial charge in [0.05, 0.1) is 6.54 Å². The first kappa shape index (κ1) is 11.7. The number of hydrogen-bond acceptors (Lipinski definition) is 2. The normalized spacial score (nSPS) is 10.5. The number of hydrogen-bond donors (Lipinski definition) is 1. The molecule has 0 atom stereocenters. The average molecular weight is 229 g/mol. The van der Waals surface area contributed by atoms with Gasteiger partial charge in [-0.05, 0) is 24.5 Å². The predicted molar refractivity (Wildman–Crippen MR) is 71.1 cm³/mol. The third-order valence-corrected chi connectivity index (χ3v) is 3.08. The van der Waals surface area contributed by atoms with Gasteiger partial charge in [-0.1, -0.05) is 25.1 Å². The Bertz CT molecular complexity index is 500. The number of aromatic nitrogens is 2. The highest BCUT2D eigenvalue weighted by atomic mass is 15.1. The molecule has 0 aliphatic carbocycles. The zero-order valence-corrected chi connectivity index (χ0v) is 10.7. The molecule has 0 aliphatic heterocycles. The van der Waals surface area contributed by atoms with E-state index in [-0.39, 0.29) is 0 Å². The maximum absolute atomic E-state index is 4.32. The van der Waals surface area contributed by atoms with Gasteiger partial charge in [0.25, 0.3) is 0 Å². The molecule has 1 heterocycles. The number of rotatable bonds is 4. The Morgan fingerprint density at radius 1 is 1.35 bits per heavy atom. The quantitative estimate of drug-likeness (QED) is 0.873. The van der Waals surface area contributed by atoms with Gasteiger partial charge in [0.2, 0.25) is 0 Å². The highest BCUT2D eigenvalue weighted by Gasteiger charge is 2.05. The Morgan fingerprint density at radius 3 is 2.82 bits per heavy atom. The summed E-state index contributed by atoms with van der Waals surface area (Å²) in [5, 5.41) is 3.49. The maximum Gasteiger partial charge on any atom is 0.127 e. The minimum Gasteiger partial charge on any atom is -0.377 e. The van der Waals surface area contributed by atoms with Crippen LogP contribution in [-0.2, 0) is 20.0 Å². The monoisotopic (exact) mass is 229 g/mol. The van der Waals surface area contributed by atoms with Crippen LogP contribution in [0.25, 0.3) is 0 Å². The molecule has 3 heteroatoms. The van der Waals surface area contributed by atoms with Gasteiger partial charge in [0, 0.05) is 25.1 Å². The van der Waals surface area contributed by atoms with Crippen LogP contribution in [0.1, 0.15) is 23.9 Å². The molecule has 0 amide bonds. The van der Waals surface area contributed by atoms with E-state index < -0.39 is 0 Å². The number of para-hydroxylation sites is 1. The van der Waals surface area contributed by atoms with Crippen molar-refractivity contribution in [3.8, 4) is 0 Å². The molecular formula is C14H19N3. The molecule has 0 fully saturated rings. The van der Waals surface area contributed by atoms with Gasteiger partial charge < -0.3 is 9.88 Å². The van der Waals surface area contributed by atoms with E-state index in [1.165, 1.54) is 16.8 Å². The topological polar surface area (TPSA) is 29.9 Å². The van der Waals surface area contributed by atoms with E-state index in [1.54, 1.807) is 0 Å². The molecule has 1 aromatic carbocycles. The third-order valence-electron chi connectivity index (χ3n) is 3.08. The van der Waals surface area contributed by atoms with E-state index in [2.05, 4.69) is 42.3 Å². The van der Waals surface area contributed by atoms with Crippen LogP contribution in [0.15, 0.2) is 30.6 Å². The summed E-state index contributed by atoms with van der Waals surface area (Å²) in [6, 6.07) is 6.42. The molecular weight excluding hydrogens is 210 g/mol. The maximum atomic E-state index is 4.32. The number of nitrogens with one attached hydrogen (secondary N) is 1. The van der Waals surface area contributed by atoms with Crippen molar-refractivity contribution in [2.24, 2.45) is 7.05 Å². The van der Waals surface area contributed by atoms with Gasteiger partial charge in [-0.25, -0.2) is 4.98 Å². The Labute approximate surface area is 103 Å². The van der Waals surface area contributed by atoms with Gasteiger partial charge in [0.15, 0.2) is 0 Å². The van der Waals surface area contributed by atoms with Crippen LogP contribution in [0.5, 0.6) is 0 Å². The van der Waals surface area contributed by atoms with Gasteiger partial charge in [-0.15, -0.1) is 0 Å². The second kappa shape index (κ2) is 5.04. The summed E-state index contributed by atoms with van der Waals surface area (Å²) in [5.74, 6) is 1.05. The second-order valence-corrected chi connectivity index (χ2v) is 4.27. The van der Waals surface area contributed by atoms with Crippen molar-refractivity contribution >= 4 is 5.69 Å². The number of benzene rings is 1. The molecule has 2 rings (SSSR count). The predicted octanol–water partition coefficient (Wildman–Crippen LogP) is 2.90. The molecule has 3 nitrogen and oxygen atoms in total.